The Balaban J connectivity index is 1.70. The summed E-state index contributed by atoms with van der Waals surface area (Å²) in [5, 5.41) is 0. The molecule has 16 heavy (non-hydrogen) atoms. The first-order valence-electron chi connectivity index (χ1n) is 7.61. The number of rotatable bonds is 5. The van der Waals surface area contributed by atoms with E-state index in [1.165, 1.54) is 19.3 Å². The highest BCUT2D eigenvalue weighted by molar-refractivity contribution is 4.91. The zero-order valence-electron chi connectivity index (χ0n) is 11.7. The van der Waals surface area contributed by atoms with Crippen molar-refractivity contribution in [3.05, 3.63) is 0 Å². The van der Waals surface area contributed by atoms with Crippen LogP contribution in [0.1, 0.15) is 66.2 Å². The first-order chi connectivity index (χ1) is 7.61. The molecule has 0 aliphatic heterocycles. The van der Waals surface area contributed by atoms with Gasteiger partial charge in [0.1, 0.15) is 0 Å². The van der Waals surface area contributed by atoms with Crippen molar-refractivity contribution in [1.82, 2.24) is 0 Å². The Bertz CT molecular complexity index is 218. The molecule has 0 heteroatoms. The lowest BCUT2D eigenvalue weighted by Gasteiger charge is -2.17. The van der Waals surface area contributed by atoms with Crippen LogP contribution in [-0.2, 0) is 0 Å². The van der Waals surface area contributed by atoms with Gasteiger partial charge in [0.05, 0.1) is 0 Å². The molecule has 0 bridgehead atoms. The van der Waals surface area contributed by atoms with Crippen molar-refractivity contribution in [1.29, 1.82) is 0 Å². The van der Waals surface area contributed by atoms with Crippen molar-refractivity contribution < 1.29 is 0 Å². The van der Waals surface area contributed by atoms with Gasteiger partial charge in [-0.25, -0.2) is 0 Å². The maximum atomic E-state index is 2.46. The van der Waals surface area contributed by atoms with E-state index in [1.807, 2.05) is 0 Å². The smallest absolute Gasteiger partial charge is 0.0360 e. The second-order valence-electron chi connectivity index (χ2n) is 6.96. The van der Waals surface area contributed by atoms with Gasteiger partial charge in [-0.15, -0.1) is 0 Å². The largest absolute Gasteiger partial charge is 0.0651 e. The SMILES string of the molecule is CCC(C)C1CCC(CC2CC2C(C)C)C1. The summed E-state index contributed by atoms with van der Waals surface area (Å²) in [6, 6.07) is 0. The van der Waals surface area contributed by atoms with Gasteiger partial charge in [0, 0.05) is 0 Å². The average Bonchev–Trinajstić information content (AvgIpc) is 2.86. The quantitative estimate of drug-likeness (QED) is 0.605. The lowest BCUT2D eigenvalue weighted by atomic mass is 9.88. The molecule has 94 valence electrons. The molecule has 2 rings (SSSR count). The first kappa shape index (κ1) is 12.5. The molecule has 0 saturated heterocycles. The summed E-state index contributed by atoms with van der Waals surface area (Å²) in [5.41, 5.74) is 0. The Hall–Kier alpha value is 0. The van der Waals surface area contributed by atoms with Gasteiger partial charge in [0.2, 0.25) is 0 Å². The summed E-state index contributed by atoms with van der Waals surface area (Å²) in [4.78, 5) is 0. The zero-order chi connectivity index (χ0) is 11.7. The maximum absolute atomic E-state index is 2.46. The molecule has 5 unspecified atom stereocenters. The highest BCUT2D eigenvalue weighted by Crippen LogP contribution is 2.51. The molecular weight excluding hydrogens is 192 g/mol. The second-order valence-corrected chi connectivity index (χ2v) is 6.96. The summed E-state index contributed by atoms with van der Waals surface area (Å²) >= 11 is 0. The van der Waals surface area contributed by atoms with E-state index in [2.05, 4.69) is 27.7 Å². The Labute approximate surface area is 102 Å². The van der Waals surface area contributed by atoms with Gasteiger partial charge in [-0.05, 0) is 61.2 Å². The molecule has 2 aliphatic rings. The summed E-state index contributed by atoms with van der Waals surface area (Å²) in [6.45, 7) is 9.62. The van der Waals surface area contributed by atoms with Crippen molar-refractivity contribution in [2.45, 2.75) is 66.2 Å². The van der Waals surface area contributed by atoms with E-state index in [4.69, 9.17) is 0 Å². The molecule has 5 atom stereocenters. The van der Waals surface area contributed by atoms with Gasteiger partial charge in [0.25, 0.3) is 0 Å². The van der Waals surface area contributed by atoms with E-state index >= 15 is 0 Å². The molecule has 0 aromatic carbocycles. The average molecular weight is 222 g/mol. The van der Waals surface area contributed by atoms with Gasteiger partial charge < -0.3 is 0 Å². The van der Waals surface area contributed by atoms with Crippen LogP contribution in [0.25, 0.3) is 0 Å². The predicted octanol–water partition coefficient (Wildman–Crippen LogP) is 5.13. The summed E-state index contributed by atoms with van der Waals surface area (Å²) < 4.78 is 0. The fraction of sp³-hybridized carbons (Fsp3) is 1.00. The van der Waals surface area contributed by atoms with Crippen molar-refractivity contribution in [3.8, 4) is 0 Å². The van der Waals surface area contributed by atoms with E-state index in [1.54, 1.807) is 19.3 Å². The molecule has 2 saturated carbocycles. The van der Waals surface area contributed by atoms with Crippen LogP contribution in [0.15, 0.2) is 0 Å². The second kappa shape index (κ2) is 5.10. The minimum Gasteiger partial charge on any atom is -0.0651 e. The molecule has 2 fully saturated rings. The fourth-order valence-electron chi connectivity index (χ4n) is 3.96. The standard InChI is InChI=1S/C16H30/c1-5-12(4)14-7-6-13(8-14)9-15-10-16(15)11(2)3/h11-16H,5-10H2,1-4H3. The Morgan fingerprint density at radius 1 is 1.06 bits per heavy atom. The summed E-state index contributed by atoms with van der Waals surface area (Å²) in [5.74, 6) is 6.27. The molecule has 0 N–H and O–H groups in total. The third kappa shape index (κ3) is 2.81. The van der Waals surface area contributed by atoms with E-state index in [0.717, 1.165) is 35.5 Å². The van der Waals surface area contributed by atoms with Crippen LogP contribution in [-0.4, -0.2) is 0 Å². The van der Waals surface area contributed by atoms with Crippen molar-refractivity contribution in [3.63, 3.8) is 0 Å². The van der Waals surface area contributed by atoms with Gasteiger partial charge in [-0.1, -0.05) is 40.5 Å². The topological polar surface area (TPSA) is 0 Å². The fourth-order valence-corrected chi connectivity index (χ4v) is 3.96. The van der Waals surface area contributed by atoms with E-state index in [-0.39, 0.29) is 0 Å². The molecule has 2 aliphatic carbocycles. The van der Waals surface area contributed by atoms with E-state index < -0.39 is 0 Å². The minimum atomic E-state index is 0.941. The molecule has 0 amide bonds. The van der Waals surface area contributed by atoms with Gasteiger partial charge in [-0.2, -0.15) is 0 Å². The summed E-state index contributed by atoms with van der Waals surface area (Å²) in [6.07, 6.45) is 9.11. The molecule has 0 spiro atoms. The Morgan fingerprint density at radius 2 is 1.81 bits per heavy atom. The molecule has 0 aromatic rings. The van der Waals surface area contributed by atoms with Gasteiger partial charge >= 0.3 is 0 Å². The number of hydrogen-bond acceptors (Lipinski definition) is 0. The molecular formula is C16H30. The lowest BCUT2D eigenvalue weighted by molar-refractivity contribution is 0.333. The van der Waals surface area contributed by atoms with Crippen molar-refractivity contribution >= 4 is 0 Å². The predicted molar refractivity (Wildman–Crippen MR) is 71.3 cm³/mol. The first-order valence-corrected chi connectivity index (χ1v) is 7.61. The van der Waals surface area contributed by atoms with Crippen molar-refractivity contribution in [2.75, 3.05) is 0 Å². The normalized spacial score (nSPS) is 40.3. The number of hydrogen-bond donors (Lipinski definition) is 0. The van der Waals surface area contributed by atoms with Crippen LogP contribution >= 0.6 is 0 Å². The monoisotopic (exact) mass is 222 g/mol. The van der Waals surface area contributed by atoms with E-state index in [0.29, 0.717) is 0 Å². The minimum absolute atomic E-state index is 0.941. The Morgan fingerprint density at radius 3 is 2.38 bits per heavy atom. The third-order valence-corrected chi connectivity index (χ3v) is 5.50. The van der Waals surface area contributed by atoms with Crippen LogP contribution in [0.4, 0.5) is 0 Å². The van der Waals surface area contributed by atoms with E-state index in [9.17, 15) is 0 Å². The molecule has 0 heterocycles. The highest BCUT2D eigenvalue weighted by atomic mass is 14.5. The van der Waals surface area contributed by atoms with Gasteiger partial charge in [-0.3, -0.25) is 0 Å². The maximum Gasteiger partial charge on any atom is -0.0360 e. The lowest BCUT2D eigenvalue weighted by Crippen LogP contribution is -2.07. The Kier molecular flexibility index (Phi) is 3.97. The molecule has 0 nitrogen and oxygen atoms in total. The van der Waals surface area contributed by atoms with Crippen LogP contribution < -0.4 is 0 Å². The van der Waals surface area contributed by atoms with Crippen LogP contribution in [0.3, 0.4) is 0 Å². The third-order valence-electron chi connectivity index (χ3n) is 5.50. The summed E-state index contributed by atoms with van der Waals surface area (Å²) in [7, 11) is 0. The zero-order valence-corrected chi connectivity index (χ0v) is 11.7. The van der Waals surface area contributed by atoms with Crippen molar-refractivity contribution in [2.24, 2.45) is 35.5 Å². The van der Waals surface area contributed by atoms with Crippen LogP contribution in [0, 0.1) is 35.5 Å². The van der Waals surface area contributed by atoms with Crippen LogP contribution in [0.5, 0.6) is 0 Å². The molecule has 0 radical (unpaired) electrons. The van der Waals surface area contributed by atoms with Crippen LogP contribution in [0.2, 0.25) is 0 Å². The van der Waals surface area contributed by atoms with Gasteiger partial charge in [0.15, 0.2) is 0 Å². The molecule has 0 aromatic heterocycles. The highest BCUT2D eigenvalue weighted by Gasteiger charge is 2.41.